The van der Waals surface area contributed by atoms with E-state index in [2.05, 4.69) is 102 Å². The average Bonchev–Trinajstić information content (AvgIpc) is 3.63. The summed E-state index contributed by atoms with van der Waals surface area (Å²) in [6.07, 6.45) is 1.80. The second-order valence-electron chi connectivity index (χ2n) is 11.3. The topological polar surface area (TPSA) is 43.6 Å². The molecule has 9 rings (SSSR count). The zero-order chi connectivity index (χ0) is 27.3. The number of nitrogens with zero attached hydrogens (tertiary/aromatic N) is 4. The molecule has 4 nitrogen and oxygen atoms in total. The van der Waals surface area contributed by atoms with Crippen LogP contribution < -0.4 is 0 Å². The smallest absolute Gasteiger partial charge is 0.237 e. The van der Waals surface area contributed by atoms with Crippen LogP contribution >= 0.6 is 11.3 Å². The van der Waals surface area contributed by atoms with Crippen molar-refractivity contribution >= 4 is 54.3 Å². The van der Waals surface area contributed by atoms with Crippen LogP contribution in [0.25, 0.3) is 70.6 Å². The number of thiophene rings is 1. The van der Waals surface area contributed by atoms with E-state index in [9.17, 15) is 0 Å². The van der Waals surface area contributed by atoms with E-state index in [4.69, 9.17) is 9.97 Å². The third kappa shape index (κ3) is 3.07. The predicted molar refractivity (Wildman–Crippen MR) is 170 cm³/mol. The van der Waals surface area contributed by atoms with Gasteiger partial charge in [0.2, 0.25) is 5.95 Å². The Labute approximate surface area is 240 Å². The van der Waals surface area contributed by atoms with E-state index < -0.39 is 0 Å². The molecular formula is C36H24N4S. The molecule has 4 aromatic carbocycles. The molecule has 41 heavy (non-hydrogen) atoms. The van der Waals surface area contributed by atoms with E-state index in [1.165, 1.54) is 42.4 Å². The molecule has 0 N–H and O–H groups in total. The van der Waals surface area contributed by atoms with Gasteiger partial charge in [-0.2, -0.15) is 4.98 Å². The van der Waals surface area contributed by atoms with Gasteiger partial charge in [-0.1, -0.05) is 80.6 Å². The van der Waals surface area contributed by atoms with Crippen molar-refractivity contribution in [2.24, 2.45) is 0 Å². The Hall–Kier alpha value is -4.87. The van der Waals surface area contributed by atoms with Crippen molar-refractivity contribution in [3.05, 3.63) is 120 Å². The van der Waals surface area contributed by atoms with Crippen LogP contribution in [-0.2, 0) is 5.41 Å². The van der Waals surface area contributed by atoms with Gasteiger partial charge in [-0.05, 0) is 58.5 Å². The molecule has 0 saturated heterocycles. The van der Waals surface area contributed by atoms with Gasteiger partial charge in [0, 0.05) is 42.9 Å². The van der Waals surface area contributed by atoms with E-state index in [-0.39, 0.29) is 5.41 Å². The number of benzene rings is 4. The molecule has 0 fully saturated rings. The lowest BCUT2D eigenvalue weighted by Crippen LogP contribution is -2.15. The summed E-state index contributed by atoms with van der Waals surface area (Å²) in [5.74, 6) is 0.636. The molecule has 0 radical (unpaired) electrons. The number of hydrogen-bond acceptors (Lipinski definition) is 4. The van der Waals surface area contributed by atoms with Crippen LogP contribution in [0.15, 0.2) is 109 Å². The molecule has 0 aliphatic heterocycles. The van der Waals surface area contributed by atoms with Crippen LogP contribution in [0.1, 0.15) is 25.0 Å². The summed E-state index contributed by atoms with van der Waals surface area (Å²) in [6, 6.07) is 36.5. The molecule has 194 valence electrons. The maximum atomic E-state index is 5.23. The minimum absolute atomic E-state index is 0.124. The highest BCUT2D eigenvalue weighted by Crippen LogP contribution is 2.56. The van der Waals surface area contributed by atoms with Crippen molar-refractivity contribution < 1.29 is 0 Å². The van der Waals surface area contributed by atoms with Crippen molar-refractivity contribution in [1.29, 1.82) is 0 Å². The molecule has 1 aliphatic carbocycles. The normalized spacial score (nSPS) is 13.8. The van der Waals surface area contributed by atoms with Gasteiger partial charge in [0.25, 0.3) is 0 Å². The standard InChI is InChI=1S/C36H24N4S/c1-36(2)27-20-29-25(19-26(27)33-31(36)23-14-7-9-17-30(23)41-33)22-13-6-8-16-28(22)40(29)35-38-32(21-11-4-3-5-12-21)24-15-10-18-37-34(24)39-35/h3-20H,1-2H3. The van der Waals surface area contributed by atoms with Crippen LogP contribution in [0.5, 0.6) is 0 Å². The molecule has 5 heteroatoms. The number of aromatic nitrogens is 4. The highest BCUT2D eigenvalue weighted by atomic mass is 32.1. The van der Waals surface area contributed by atoms with Crippen LogP contribution in [0.2, 0.25) is 0 Å². The van der Waals surface area contributed by atoms with Crippen molar-refractivity contribution in [3.8, 4) is 27.6 Å². The first-order valence-electron chi connectivity index (χ1n) is 13.9. The van der Waals surface area contributed by atoms with Gasteiger partial charge in [-0.15, -0.1) is 11.3 Å². The monoisotopic (exact) mass is 544 g/mol. The number of hydrogen-bond donors (Lipinski definition) is 0. The largest absolute Gasteiger partial charge is 0.278 e. The summed E-state index contributed by atoms with van der Waals surface area (Å²) in [7, 11) is 0. The minimum atomic E-state index is -0.124. The van der Waals surface area contributed by atoms with E-state index >= 15 is 0 Å². The fraction of sp³-hybridized carbons (Fsp3) is 0.0833. The van der Waals surface area contributed by atoms with Crippen molar-refractivity contribution in [3.63, 3.8) is 0 Å². The van der Waals surface area contributed by atoms with Gasteiger partial charge in [0.1, 0.15) is 0 Å². The quantitative estimate of drug-likeness (QED) is 0.218. The first-order chi connectivity index (χ1) is 20.1. The molecule has 0 amide bonds. The van der Waals surface area contributed by atoms with Gasteiger partial charge >= 0.3 is 0 Å². The highest BCUT2D eigenvalue weighted by Gasteiger charge is 2.39. The average molecular weight is 545 g/mol. The molecule has 4 heterocycles. The molecule has 0 unspecified atom stereocenters. The van der Waals surface area contributed by atoms with Crippen LogP contribution in [0.3, 0.4) is 0 Å². The third-order valence-corrected chi connectivity index (χ3v) is 9.86. The molecule has 0 spiro atoms. The lowest BCUT2D eigenvalue weighted by atomic mass is 9.81. The SMILES string of the molecule is CC1(C)c2cc3c(cc2-c2sc4ccccc4c21)c1ccccc1n3-c1nc(-c2ccccc2)c2cccnc2n1. The Morgan fingerprint density at radius 1 is 0.683 bits per heavy atom. The van der Waals surface area contributed by atoms with Gasteiger partial charge in [0.05, 0.1) is 16.7 Å². The van der Waals surface area contributed by atoms with Gasteiger partial charge in [0.15, 0.2) is 5.65 Å². The second kappa shape index (κ2) is 8.09. The summed E-state index contributed by atoms with van der Waals surface area (Å²) in [5.41, 5.74) is 8.85. The van der Waals surface area contributed by atoms with Gasteiger partial charge in [-0.25, -0.2) is 9.97 Å². The summed E-state index contributed by atoms with van der Waals surface area (Å²) < 4.78 is 3.58. The Kier molecular flexibility index (Phi) is 4.52. The number of para-hydroxylation sites is 1. The van der Waals surface area contributed by atoms with E-state index in [0.717, 1.165) is 27.7 Å². The van der Waals surface area contributed by atoms with E-state index in [1.54, 1.807) is 6.20 Å². The molecule has 8 aromatic rings. The van der Waals surface area contributed by atoms with Gasteiger partial charge in [-0.3, -0.25) is 4.57 Å². The summed E-state index contributed by atoms with van der Waals surface area (Å²) in [4.78, 5) is 16.3. The second-order valence-corrected chi connectivity index (χ2v) is 12.4. The number of rotatable bonds is 2. The lowest BCUT2D eigenvalue weighted by Gasteiger charge is -2.22. The summed E-state index contributed by atoms with van der Waals surface area (Å²) in [5, 5.41) is 4.72. The molecule has 4 aromatic heterocycles. The van der Waals surface area contributed by atoms with E-state index in [0.29, 0.717) is 11.6 Å². The Morgan fingerprint density at radius 3 is 2.32 bits per heavy atom. The predicted octanol–water partition coefficient (Wildman–Crippen LogP) is 9.31. The first kappa shape index (κ1) is 22.9. The first-order valence-corrected chi connectivity index (χ1v) is 14.7. The van der Waals surface area contributed by atoms with Crippen molar-refractivity contribution in [1.82, 2.24) is 19.5 Å². The zero-order valence-corrected chi connectivity index (χ0v) is 23.4. The molecule has 0 bridgehead atoms. The van der Waals surface area contributed by atoms with Crippen molar-refractivity contribution in [2.75, 3.05) is 0 Å². The number of pyridine rings is 1. The Morgan fingerprint density at radius 2 is 1.44 bits per heavy atom. The van der Waals surface area contributed by atoms with Gasteiger partial charge < -0.3 is 0 Å². The molecule has 0 atom stereocenters. The fourth-order valence-electron chi connectivity index (χ4n) is 6.79. The summed E-state index contributed by atoms with van der Waals surface area (Å²) in [6.45, 7) is 4.72. The Balaban J connectivity index is 1.38. The van der Waals surface area contributed by atoms with Crippen LogP contribution in [-0.4, -0.2) is 19.5 Å². The maximum Gasteiger partial charge on any atom is 0.237 e. The third-order valence-electron chi connectivity index (χ3n) is 8.66. The fourth-order valence-corrected chi connectivity index (χ4v) is 8.19. The van der Waals surface area contributed by atoms with Crippen molar-refractivity contribution in [2.45, 2.75) is 19.3 Å². The number of fused-ring (bicyclic) bond motifs is 9. The lowest BCUT2D eigenvalue weighted by molar-refractivity contribution is 0.667. The molecular weight excluding hydrogens is 520 g/mol. The molecule has 0 saturated carbocycles. The van der Waals surface area contributed by atoms with Crippen LogP contribution in [0, 0.1) is 0 Å². The minimum Gasteiger partial charge on any atom is -0.278 e. The Bertz CT molecular complexity index is 2340. The highest BCUT2D eigenvalue weighted by molar-refractivity contribution is 7.22. The van der Waals surface area contributed by atoms with E-state index in [1.807, 2.05) is 35.6 Å². The van der Waals surface area contributed by atoms with Crippen LogP contribution in [0.4, 0.5) is 0 Å². The zero-order valence-electron chi connectivity index (χ0n) is 22.6. The maximum absolute atomic E-state index is 5.23. The summed E-state index contributed by atoms with van der Waals surface area (Å²) >= 11 is 1.91. The molecule has 1 aliphatic rings.